The molecule has 0 aliphatic heterocycles. The Balaban J connectivity index is 2.20. The zero-order valence-corrected chi connectivity index (χ0v) is 19.9. The van der Waals surface area contributed by atoms with Gasteiger partial charge in [-0.3, -0.25) is 9.59 Å². The summed E-state index contributed by atoms with van der Waals surface area (Å²) in [7, 11) is -3.42. The molecule has 0 bridgehead atoms. The number of hydrogen-bond acceptors (Lipinski definition) is 6. The summed E-state index contributed by atoms with van der Waals surface area (Å²) in [5.41, 5.74) is 0.760. The molecule has 0 aliphatic carbocycles. The third-order valence-electron chi connectivity index (χ3n) is 4.03. The van der Waals surface area contributed by atoms with E-state index in [2.05, 4.69) is 20.9 Å². The molecule has 1 amide bonds. The standard InChI is InChI=1S/C19H16BrClN2O5S2/c1-3-28-17(24)10-23-15-7-5-12(30(2,26)27)9-16(15)29-19(23)22-18(25)13-8-11(20)4-6-14(13)21/h4-9H,3,10H2,1-2H3. The minimum atomic E-state index is -3.42. The maximum absolute atomic E-state index is 12.8. The minimum Gasteiger partial charge on any atom is -0.465 e. The SMILES string of the molecule is CCOC(=O)Cn1c(=NC(=O)c2cc(Br)ccc2Cl)sc2cc(S(C)(=O)=O)ccc21. The first kappa shape index (κ1) is 22.7. The molecular weight excluding hydrogens is 516 g/mol. The van der Waals surface area contributed by atoms with E-state index >= 15 is 0 Å². The average molecular weight is 532 g/mol. The highest BCUT2D eigenvalue weighted by atomic mass is 79.9. The lowest BCUT2D eigenvalue weighted by Crippen LogP contribution is -2.23. The van der Waals surface area contributed by atoms with Gasteiger partial charge in [-0.15, -0.1) is 0 Å². The van der Waals surface area contributed by atoms with Crippen molar-refractivity contribution in [2.75, 3.05) is 12.9 Å². The number of rotatable bonds is 5. The van der Waals surface area contributed by atoms with E-state index in [-0.39, 0.29) is 33.4 Å². The molecule has 0 atom stereocenters. The van der Waals surface area contributed by atoms with E-state index in [1.807, 2.05) is 0 Å². The molecule has 30 heavy (non-hydrogen) atoms. The Kier molecular flexibility index (Phi) is 6.81. The van der Waals surface area contributed by atoms with Crippen LogP contribution in [0.3, 0.4) is 0 Å². The molecule has 0 unspecified atom stereocenters. The van der Waals surface area contributed by atoms with Crippen LogP contribution in [-0.4, -0.2) is 37.7 Å². The van der Waals surface area contributed by atoms with E-state index < -0.39 is 21.7 Å². The smallest absolute Gasteiger partial charge is 0.326 e. The fourth-order valence-electron chi connectivity index (χ4n) is 2.67. The molecule has 0 saturated heterocycles. The Morgan fingerprint density at radius 2 is 1.97 bits per heavy atom. The highest BCUT2D eigenvalue weighted by Crippen LogP contribution is 2.24. The van der Waals surface area contributed by atoms with E-state index in [0.717, 1.165) is 17.6 Å². The second-order valence-electron chi connectivity index (χ2n) is 6.22. The first-order valence-electron chi connectivity index (χ1n) is 8.63. The highest BCUT2D eigenvalue weighted by Gasteiger charge is 2.16. The maximum atomic E-state index is 12.8. The molecule has 7 nitrogen and oxygen atoms in total. The van der Waals surface area contributed by atoms with E-state index in [0.29, 0.717) is 14.7 Å². The van der Waals surface area contributed by atoms with Gasteiger partial charge in [0.15, 0.2) is 14.6 Å². The summed E-state index contributed by atoms with van der Waals surface area (Å²) < 4.78 is 31.5. The summed E-state index contributed by atoms with van der Waals surface area (Å²) in [6.07, 6.45) is 1.11. The second kappa shape index (κ2) is 9.01. The molecule has 0 aliphatic rings. The van der Waals surface area contributed by atoms with Gasteiger partial charge in [0.05, 0.1) is 32.3 Å². The first-order chi connectivity index (χ1) is 14.1. The van der Waals surface area contributed by atoms with Crippen molar-refractivity contribution in [1.29, 1.82) is 0 Å². The third kappa shape index (κ3) is 5.00. The van der Waals surface area contributed by atoms with E-state index in [1.165, 1.54) is 16.7 Å². The molecule has 3 rings (SSSR count). The number of amides is 1. The van der Waals surface area contributed by atoms with Crippen molar-refractivity contribution in [2.24, 2.45) is 4.99 Å². The molecule has 3 aromatic rings. The van der Waals surface area contributed by atoms with Crippen molar-refractivity contribution in [3.05, 3.63) is 56.3 Å². The van der Waals surface area contributed by atoms with Crippen LogP contribution in [0.1, 0.15) is 17.3 Å². The van der Waals surface area contributed by atoms with Gasteiger partial charge in [0.2, 0.25) is 0 Å². The number of nitrogens with zero attached hydrogens (tertiary/aromatic N) is 2. The van der Waals surface area contributed by atoms with E-state index in [4.69, 9.17) is 16.3 Å². The number of carbonyl (C=O) groups is 2. The summed E-state index contributed by atoms with van der Waals surface area (Å²) in [4.78, 5) is 29.4. The summed E-state index contributed by atoms with van der Waals surface area (Å²) in [5, 5.41) is 0.240. The maximum Gasteiger partial charge on any atom is 0.326 e. The summed E-state index contributed by atoms with van der Waals surface area (Å²) >= 11 is 10.5. The summed E-state index contributed by atoms with van der Waals surface area (Å²) in [5.74, 6) is -1.09. The second-order valence-corrected chi connectivity index (χ2v) is 10.6. The number of thiazole rings is 1. The predicted molar refractivity (Wildman–Crippen MR) is 119 cm³/mol. The normalized spacial score (nSPS) is 12.3. The fraction of sp³-hybridized carbons (Fsp3) is 0.211. The number of fused-ring (bicyclic) bond motifs is 1. The number of carbonyl (C=O) groups excluding carboxylic acids is 2. The predicted octanol–water partition coefficient (Wildman–Crippen LogP) is 3.83. The monoisotopic (exact) mass is 530 g/mol. The van der Waals surface area contributed by atoms with Crippen LogP contribution in [0.15, 0.2) is 50.8 Å². The average Bonchev–Trinajstić information content (AvgIpc) is 2.99. The van der Waals surface area contributed by atoms with Gasteiger partial charge in [-0.2, -0.15) is 4.99 Å². The molecule has 158 valence electrons. The van der Waals surface area contributed by atoms with Crippen molar-refractivity contribution < 1.29 is 22.7 Å². The molecular formula is C19H16BrClN2O5S2. The summed E-state index contributed by atoms with van der Waals surface area (Å²) in [6, 6.07) is 9.35. The topological polar surface area (TPSA) is 94.8 Å². The van der Waals surface area contributed by atoms with Crippen molar-refractivity contribution in [3.63, 3.8) is 0 Å². The van der Waals surface area contributed by atoms with Crippen LogP contribution in [0.5, 0.6) is 0 Å². The van der Waals surface area contributed by atoms with Crippen LogP contribution >= 0.6 is 38.9 Å². The van der Waals surface area contributed by atoms with Crippen LogP contribution in [0.4, 0.5) is 0 Å². The lowest BCUT2D eigenvalue weighted by Gasteiger charge is -2.06. The van der Waals surface area contributed by atoms with Crippen molar-refractivity contribution >= 4 is 70.8 Å². The van der Waals surface area contributed by atoms with Crippen molar-refractivity contribution in [1.82, 2.24) is 4.57 Å². The van der Waals surface area contributed by atoms with Gasteiger partial charge in [-0.25, -0.2) is 8.42 Å². The molecule has 1 aromatic heterocycles. The lowest BCUT2D eigenvalue weighted by molar-refractivity contribution is -0.143. The third-order valence-corrected chi connectivity index (χ3v) is 7.01. The van der Waals surface area contributed by atoms with Gasteiger partial charge in [-0.05, 0) is 43.3 Å². The van der Waals surface area contributed by atoms with Gasteiger partial charge in [0.1, 0.15) is 6.54 Å². The van der Waals surface area contributed by atoms with Gasteiger partial charge >= 0.3 is 5.97 Å². The van der Waals surface area contributed by atoms with Gasteiger partial charge < -0.3 is 9.30 Å². The molecule has 0 N–H and O–H groups in total. The first-order valence-corrected chi connectivity index (χ1v) is 12.5. The Morgan fingerprint density at radius 3 is 2.63 bits per heavy atom. The number of aromatic nitrogens is 1. The number of sulfone groups is 1. The number of halogens is 2. The molecule has 1 heterocycles. The number of benzene rings is 2. The number of ether oxygens (including phenoxy) is 1. The van der Waals surface area contributed by atoms with Gasteiger partial charge in [-0.1, -0.05) is 38.9 Å². The quantitative estimate of drug-likeness (QED) is 0.467. The molecule has 11 heteroatoms. The van der Waals surface area contributed by atoms with Crippen LogP contribution < -0.4 is 4.80 Å². The van der Waals surface area contributed by atoms with E-state index in [1.54, 1.807) is 31.2 Å². The van der Waals surface area contributed by atoms with Crippen molar-refractivity contribution in [2.45, 2.75) is 18.4 Å². The molecule has 0 radical (unpaired) electrons. The van der Waals surface area contributed by atoms with Crippen molar-refractivity contribution in [3.8, 4) is 0 Å². The Morgan fingerprint density at radius 1 is 1.23 bits per heavy atom. The molecule has 0 spiro atoms. The Labute approximate surface area is 190 Å². The number of esters is 1. The molecule has 0 saturated carbocycles. The van der Waals surface area contributed by atoms with Crippen LogP contribution in [0, 0.1) is 0 Å². The highest BCUT2D eigenvalue weighted by molar-refractivity contribution is 9.10. The Hall–Kier alpha value is -2.01. The minimum absolute atomic E-state index is 0.132. The van der Waals surface area contributed by atoms with Gasteiger partial charge in [0.25, 0.3) is 5.91 Å². The molecule has 0 fully saturated rings. The van der Waals surface area contributed by atoms with Crippen LogP contribution in [0.2, 0.25) is 5.02 Å². The van der Waals surface area contributed by atoms with Crippen LogP contribution in [0.25, 0.3) is 10.2 Å². The van der Waals surface area contributed by atoms with Crippen LogP contribution in [-0.2, 0) is 25.9 Å². The largest absolute Gasteiger partial charge is 0.465 e. The Bertz CT molecular complexity index is 1330. The van der Waals surface area contributed by atoms with Gasteiger partial charge in [0, 0.05) is 10.7 Å². The zero-order chi connectivity index (χ0) is 22.1. The molecule has 2 aromatic carbocycles. The lowest BCUT2D eigenvalue weighted by atomic mass is 10.2. The van der Waals surface area contributed by atoms with E-state index in [9.17, 15) is 18.0 Å². The number of hydrogen-bond donors (Lipinski definition) is 0. The fourth-order valence-corrected chi connectivity index (χ4v) is 5.01. The zero-order valence-electron chi connectivity index (χ0n) is 15.9. The summed E-state index contributed by atoms with van der Waals surface area (Å²) in [6.45, 7) is 1.72.